The third-order valence-corrected chi connectivity index (χ3v) is 8.45. The van der Waals surface area contributed by atoms with Crippen molar-refractivity contribution in [3.8, 4) is 22.3 Å². The highest BCUT2D eigenvalue weighted by Gasteiger charge is 2.39. The Morgan fingerprint density at radius 2 is 1.59 bits per heavy atom. The van der Waals surface area contributed by atoms with Crippen LogP contribution in [0.1, 0.15) is 60.4 Å². The molecule has 2 aromatic carbocycles. The topological polar surface area (TPSA) is 106 Å². The number of carbonyl (C=O) groups is 1. The first-order chi connectivity index (χ1) is 17.9. The molecule has 4 rings (SSSR count). The molecule has 1 atom stereocenters. The molecule has 0 bridgehead atoms. The molecule has 0 saturated carbocycles. The van der Waals surface area contributed by atoms with Gasteiger partial charge in [-0.2, -0.15) is 0 Å². The number of sulfonamides is 1. The van der Waals surface area contributed by atoms with Gasteiger partial charge < -0.3 is 14.4 Å². The van der Waals surface area contributed by atoms with E-state index in [2.05, 4.69) is 0 Å². The lowest BCUT2D eigenvalue weighted by Crippen LogP contribution is -2.36. The number of nitrogens with zero attached hydrogens (tertiary/aromatic N) is 2. The third-order valence-electron chi connectivity index (χ3n) is 7.34. The van der Waals surface area contributed by atoms with Gasteiger partial charge in [0, 0.05) is 35.5 Å². The zero-order valence-electron chi connectivity index (χ0n) is 24.0. The number of aryl methyl sites for hydroxylation is 1. The van der Waals surface area contributed by atoms with Gasteiger partial charge in [0.1, 0.15) is 0 Å². The van der Waals surface area contributed by atoms with E-state index < -0.39 is 27.7 Å². The minimum atomic E-state index is -3.80. The Balaban J connectivity index is 2.27. The molecule has 1 aliphatic rings. The number of ether oxygens (including phenoxy) is 1. The predicted molar refractivity (Wildman–Crippen MR) is 154 cm³/mol. The van der Waals surface area contributed by atoms with Crippen molar-refractivity contribution in [2.45, 2.75) is 66.7 Å². The maximum Gasteiger partial charge on any atom is 0.337 e. The smallest absolute Gasteiger partial charge is 0.337 e. The summed E-state index contributed by atoms with van der Waals surface area (Å²) in [6, 6.07) is 9.28. The van der Waals surface area contributed by atoms with E-state index in [-0.39, 0.29) is 12.1 Å². The number of aromatic nitrogens is 1. The second-order valence-corrected chi connectivity index (χ2v) is 13.3. The number of benzene rings is 2. The number of aliphatic carboxylic acids is 1. The standard InChI is InChI=1S/C30H36N2O6S/c1-16-10-12-20(13-11-16)23-17(2)24-26-19(4)31(8)22(33)14-21(26)15-32(39(9,36)37)27(24)18(3)25(23)28(29(34)35)38-30(5,6)7/h10-14,28H,15H2,1-9H3,(H,34,35)/t28-/m0/s1. The maximum atomic E-state index is 13.2. The Morgan fingerprint density at radius 1 is 1.00 bits per heavy atom. The Hall–Kier alpha value is -3.43. The number of fused-ring (bicyclic) bond motifs is 3. The molecule has 2 heterocycles. The van der Waals surface area contributed by atoms with Gasteiger partial charge in [-0.25, -0.2) is 13.2 Å². The van der Waals surface area contributed by atoms with Crippen LogP contribution in [0.4, 0.5) is 5.69 Å². The van der Waals surface area contributed by atoms with Crippen molar-refractivity contribution in [2.75, 3.05) is 10.6 Å². The number of anilines is 1. The lowest BCUT2D eigenvalue weighted by Gasteiger charge is -2.38. The summed E-state index contributed by atoms with van der Waals surface area (Å²) >= 11 is 0. The predicted octanol–water partition coefficient (Wildman–Crippen LogP) is 5.17. The summed E-state index contributed by atoms with van der Waals surface area (Å²) in [5.41, 5.74) is 6.34. The first-order valence-corrected chi connectivity index (χ1v) is 14.6. The van der Waals surface area contributed by atoms with E-state index in [4.69, 9.17) is 4.74 Å². The molecular weight excluding hydrogens is 516 g/mol. The Bertz CT molecular complexity index is 1660. The van der Waals surface area contributed by atoms with Crippen LogP contribution in [0.5, 0.6) is 0 Å². The highest BCUT2D eigenvalue weighted by Crippen LogP contribution is 2.52. The largest absolute Gasteiger partial charge is 0.479 e. The molecule has 0 amide bonds. The van der Waals surface area contributed by atoms with Gasteiger partial charge in [-0.3, -0.25) is 9.10 Å². The van der Waals surface area contributed by atoms with Crippen LogP contribution in [0.25, 0.3) is 22.3 Å². The molecule has 0 aliphatic carbocycles. The Labute approximate surface area is 229 Å². The number of pyridine rings is 1. The van der Waals surface area contributed by atoms with Crippen LogP contribution in [0.3, 0.4) is 0 Å². The molecule has 1 aromatic heterocycles. The van der Waals surface area contributed by atoms with Gasteiger partial charge in [-0.05, 0) is 76.3 Å². The van der Waals surface area contributed by atoms with Crippen LogP contribution in [-0.4, -0.2) is 35.9 Å². The summed E-state index contributed by atoms with van der Waals surface area (Å²) in [4.78, 5) is 25.5. The van der Waals surface area contributed by atoms with Gasteiger partial charge in [0.2, 0.25) is 10.0 Å². The second-order valence-electron chi connectivity index (χ2n) is 11.4. The molecule has 0 fully saturated rings. The molecule has 1 N–H and O–H groups in total. The maximum absolute atomic E-state index is 13.2. The molecular formula is C30H36N2O6S. The fourth-order valence-electron chi connectivity index (χ4n) is 5.50. The molecule has 39 heavy (non-hydrogen) atoms. The van der Waals surface area contributed by atoms with E-state index in [9.17, 15) is 23.1 Å². The van der Waals surface area contributed by atoms with Crippen LogP contribution < -0.4 is 9.86 Å². The summed E-state index contributed by atoms with van der Waals surface area (Å²) in [6.07, 6.45) is -0.229. The first-order valence-electron chi connectivity index (χ1n) is 12.8. The summed E-state index contributed by atoms with van der Waals surface area (Å²) in [5, 5.41) is 10.4. The van der Waals surface area contributed by atoms with E-state index in [1.807, 2.05) is 45.0 Å². The van der Waals surface area contributed by atoms with Crippen LogP contribution in [0, 0.1) is 27.7 Å². The molecule has 0 spiro atoms. The molecule has 208 valence electrons. The van der Waals surface area contributed by atoms with Crippen LogP contribution in [-0.2, 0) is 33.1 Å². The lowest BCUT2D eigenvalue weighted by molar-refractivity contribution is -0.160. The van der Waals surface area contributed by atoms with Crippen LogP contribution in [0.2, 0.25) is 0 Å². The Kier molecular flexibility index (Phi) is 7.06. The highest BCUT2D eigenvalue weighted by atomic mass is 32.2. The first kappa shape index (κ1) is 28.6. The van der Waals surface area contributed by atoms with Gasteiger partial charge in [-0.1, -0.05) is 29.8 Å². The van der Waals surface area contributed by atoms with E-state index >= 15 is 0 Å². The molecule has 0 radical (unpaired) electrons. The van der Waals surface area contributed by atoms with Crippen LogP contribution >= 0.6 is 0 Å². The summed E-state index contributed by atoms with van der Waals surface area (Å²) in [6.45, 7) is 12.8. The average molecular weight is 553 g/mol. The zero-order chi connectivity index (χ0) is 29.2. The highest BCUT2D eigenvalue weighted by molar-refractivity contribution is 7.92. The molecule has 8 nitrogen and oxygen atoms in total. The number of carboxylic acid groups (broad SMARTS) is 1. The zero-order valence-corrected chi connectivity index (χ0v) is 24.8. The number of rotatable bonds is 5. The van der Waals surface area contributed by atoms with Crippen LogP contribution in [0.15, 0.2) is 35.1 Å². The van der Waals surface area contributed by atoms with Crippen molar-refractivity contribution >= 4 is 21.7 Å². The fourth-order valence-corrected chi connectivity index (χ4v) is 6.43. The van der Waals surface area contributed by atoms with Gasteiger partial charge in [0.15, 0.2) is 6.10 Å². The van der Waals surface area contributed by atoms with Crippen molar-refractivity contribution in [1.29, 1.82) is 0 Å². The average Bonchev–Trinajstić information content (AvgIpc) is 2.81. The normalized spacial score (nSPS) is 14.1. The molecule has 1 aliphatic heterocycles. The quantitative estimate of drug-likeness (QED) is 0.468. The van der Waals surface area contributed by atoms with Gasteiger partial charge in [0.05, 0.1) is 24.1 Å². The lowest BCUT2D eigenvalue weighted by atomic mass is 9.79. The van der Waals surface area contributed by atoms with E-state index in [0.29, 0.717) is 39.2 Å². The number of carboxylic acids is 1. The van der Waals surface area contributed by atoms with Crippen molar-refractivity contribution in [1.82, 2.24) is 4.57 Å². The summed E-state index contributed by atoms with van der Waals surface area (Å²) in [7, 11) is -2.11. The molecule has 9 heteroatoms. The molecule has 0 unspecified atom stereocenters. The molecule has 0 saturated heterocycles. The third kappa shape index (κ3) is 5.01. The number of hydrogen-bond acceptors (Lipinski definition) is 5. The van der Waals surface area contributed by atoms with Crippen molar-refractivity contribution in [2.24, 2.45) is 7.05 Å². The van der Waals surface area contributed by atoms with Gasteiger partial charge in [0.25, 0.3) is 5.56 Å². The monoisotopic (exact) mass is 552 g/mol. The number of hydrogen-bond donors (Lipinski definition) is 1. The molecule has 3 aromatic rings. The van der Waals surface area contributed by atoms with Crippen molar-refractivity contribution in [3.05, 3.63) is 74.2 Å². The minimum Gasteiger partial charge on any atom is -0.479 e. The van der Waals surface area contributed by atoms with Gasteiger partial charge >= 0.3 is 5.97 Å². The SMILES string of the molecule is Cc1ccc(-c2c(C)c3c(c(C)c2[C@H](OC(C)(C)C)C(=O)O)N(S(C)(=O)=O)Cc2cc(=O)n(C)c(C)c2-3)cc1. The van der Waals surface area contributed by atoms with E-state index in [1.165, 1.54) is 10.4 Å². The van der Waals surface area contributed by atoms with E-state index in [1.54, 1.807) is 39.3 Å². The minimum absolute atomic E-state index is 0.0282. The van der Waals surface area contributed by atoms with Crippen molar-refractivity contribution in [3.63, 3.8) is 0 Å². The Morgan fingerprint density at radius 3 is 2.10 bits per heavy atom. The summed E-state index contributed by atoms with van der Waals surface area (Å²) < 4.78 is 35.3. The summed E-state index contributed by atoms with van der Waals surface area (Å²) in [5.74, 6) is -1.17. The fraction of sp³-hybridized carbons (Fsp3) is 0.400. The second kappa shape index (κ2) is 9.64. The van der Waals surface area contributed by atoms with Gasteiger partial charge in [-0.15, -0.1) is 0 Å². The van der Waals surface area contributed by atoms with Crippen molar-refractivity contribution < 1.29 is 23.1 Å². The van der Waals surface area contributed by atoms with E-state index in [0.717, 1.165) is 28.5 Å².